The van der Waals surface area contributed by atoms with Gasteiger partial charge in [-0.05, 0) is 6.42 Å². The third-order valence-electron chi connectivity index (χ3n) is 2.36. The first-order chi connectivity index (χ1) is 6.45. The maximum atomic E-state index is 4.24. The van der Waals surface area contributed by atoms with Crippen LogP contribution in [0.4, 0.5) is 0 Å². The summed E-state index contributed by atoms with van der Waals surface area (Å²) in [6.45, 7) is 0. The highest BCUT2D eigenvalue weighted by Crippen LogP contribution is 2.07. The van der Waals surface area contributed by atoms with Crippen molar-refractivity contribution in [2.75, 3.05) is 0 Å². The van der Waals surface area contributed by atoms with Gasteiger partial charge < -0.3 is 5.43 Å². The van der Waals surface area contributed by atoms with Crippen molar-refractivity contribution < 1.29 is 0 Å². The lowest BCUT2D eigenvalue weighted by Crippen LogP contribution is -2.40. The maximum Gasteiger partial charge on any atom is 0.116 e. The van der Waals surface area contributed by atoms with E-state index >= 15 is 0 Å². The molecule has 1 aromatic rings. The zero-order valence-electron chi connectivity index (χ0n) is 6.91. The highest BCUT2D eigenvalue weighted by atomic mass is 15.6. The number of hydrogen-bond acceptors (Lipinski definition) is 5. The van der Waals surface area contributed by atoms with E-state index in [0.717, 1.165) is 22.7 Å². The van der Waals surface area contributed by atoms with Crippen LogP contribution in [-0.4, -0.2) is 16.0 Å². The SMILES string of the molecule is C1=c2cncnc2=C2NNNC2C1. The first-order valence-corrected chi connectivity index (χ1v) is 4.22. The lowest BCUT2D eigenvalue weighted by atomic mass is 10.1. The van der Waals surface area contributed by atoms with Crippen molar-refractivity contribution in [3.8, 4) is 0 Å². The summed E-state index contributed by atoms with van der Waals surface area (Å²) in [7, 11) is 0. The van der Waals surface area contributed by atoms with Gasteiger partial charge >= 0.3 is 0 Å². The molecule has 66 valence electrons. The van der Waals surface area contributed by atoms with Gasteiger partial charge in [0, 0.05) is 11.4 Å². The Morgan fingerprint density at radius 2 is 2.46 bits per heavy atom. The van der Waals surface area contributed by atoms with Crippen molar-refractivity contribution in [1.82, 2.24) is 26.4 Å². The van der Waals surface area contributed by atoms with Gasteiger partial charge in [0.2, 0.25) is 0 Å². The van der Waals surface area contributed by atoms with Crippen molar-refractivity contribution in [3.05, 3.63) is 23.1 Å². The van der Waals surface area contributed by atoms with E-state index in [4.69, 9.17) is 0 Å². The van der Waals surface area contributed by atoms with Crippen LogP contribution in [0.25, 0.3) is 11.8 Å². The van der Waals surface area contributed by atoms with Crippen molar-refractivity contribution in [2.45, 2.75) is 12.5 Å². The second-order valence-corrected chi connectivity index (χ2v) is 3.13. The number of rotatable bonds is 0. The summed E-state index contributed by atoms with van der Waals surface area (Å²) in [6.07, 6.45) is 6.52. The van der Waals surface area contributed by atoms with Crippen LogP contribution in [0.3, 0.4) is 0 Å². The van der Waals surface area contributed by atoms with Crippen LogP contribution in [0.1, 0.15) is 6.42 Å². The standard InChI is InChI=1S/C8H9N5/c1-2-6-8(12-13-11-6)7-5(1)3-9-4-10-7/h1,3-4,6,11-13H,2H2. The first-order valence-electron chi connectivity index (χ1n) is 4.22. The number of nitrogens with one attached hydrogen (secondary N) is 3. The quantitative estimate of drug-likeness (QED) is 0.416. The van der Waals surface area contributed by atoms with Crippen LogP contribution in [0.15, 0.2) is 12.5 Å². The molecule has 1 aliphatic heterocycles. The Morgan fingerprint density at radius 3 is 3.46 bits per heavy atom. The van der Waals surface area contributed by atoms with E-state index in [2.05, 4.69) is 32.4 Å². The summed E-state index contributed by atoms with van der Waals surface area (Å²) in [5.74, 6) is 0. The van der Waals surface area contributed by atoms with E-state index in [9.17, 15) is 0 Å². The minimum absolute atomic E-state index is 0.322. The average Bonchev–Trinajstić information content (AvgIpc) is 2.65. The summed E-state index contributed by atoms with van der Waals surface area (Å²) >= 11 is 0. The van der Waals surface area contributed by atoms with Gasteiger partial charge in [-0.25, -0.2) is 15.4 Å². The summed E-state index contributed by atoms with van der Waals surface area (Å²) in [5.41, 5.74) is 10.2. The molecule has 2 aliphatic rings. The molecule has 1 atom stereocenters. The van der Waals surface area contributed by atoms with Gasteiger partial charge in [0.25, 0.3) is 0 Å². The fraction of sp³-hybridized carbons (Fsp3) is 0.250. The molecule has 1 aliphatic carbocycles. The average molecular weight is 175 g/mol. The third kappa shape index (κ3) is 0.944. The molecule has 0 spiro atoms. The second-order valence-electron chi connectivity index (χ2n) is 3.13. The Bertz CT molecular complexity index is 452. The molecule has 0 aromatic carbocycles. The third-order valence-corrected chi connectivity index (χ3v) is 2.36. The highest BCUT2D eigenvalue weighted by Gasteiger charge is 2.22. The zero-order chi connectivity index (χ0) is 8.67. The summed E-state index contributed by atoms with van der Waals surface area (Å²) in [4.78, 5) is 8.23. The molecule has 3 N–H and O–H groups in total. The fourth-order valence-electron chi connectivity index (χ4n) is 1.71. The van der Waals surface area contributed by atoms with Crippen molar-refractivity contribution >= 4 is 11.8 Å². The molecule has 1 saturated heterocycles. The molecule has 1 unspecified atom stereocenters. The molecule has 2 heterocycles. The summed E-state index contributed by atoms with van der Waals surface area (Å²) in [5, 5.41) is 2.09. The predicted molar refractivity (Wildman–Crippen MR) is 47.0 cm³/mol. The van der Waals surface area contributed by atoms with E-state index in [-0.39, 0.29) is 0 Å². The van der Waals surface area contributed by atoms with E-state index < -0.39 is 0 Å². The lowest BCUT2D eigenvalue weighted by Gasteiger charge is -2.10. The van der Waals surface area contributed by atoms with Gasteiger partial charge in [-0.15, -0.1) is 0 Å². The normalized spacial score (nSPS) is 24.3. The van der Waals surface area contributed by atoms with E-state index in [1.54, 1.807) is 6.33 Å². The van der Waals surface area contributed by atoms with Gasteiger partial charge in [-0.3, -0.25) is 0 Å². The molecule has 5 heteroatoms. The van der Waals surface area contributed by atoms with Gasteiger partial charge in [-0.2, -0.15) is 5.53 Å². The molecular formula is C8H9N5. The van der Waals surface area contributed by atoms with Crippen LogP contribution in [-0.2, 0) is 0 Å². The Labute approximate surface area is 74.5 Å². The van der Waals surface area contributed by atoms with Crippen molar-refractivity contribution in [3.63, 3.8) is 0 Å². The smallest absolute Gasteiger partial charge is 0.116 e. The Morgan fingerprint density at radius 1 is 1.46 bits per heavy atom. The maximum absolute atomic E-state index is 4.24. The number of hydrazine groups is 2. The monoisotopic (exact) mass is 175 g/mol. The molecular weight excluding hydrogens is 166 g/mol. The second kappa shape index (κ2) is 2.51. The number of nitrogens with zero attached hydrogens (tertiary/aromatic N) is 2. The van der Waals surface area contributed by atoms with Crippen molar-refractivity contribution in [2.24, 2.45) is 0 Å². The van der Waals surface area contributed by atoms with Crippen molar-refractivity contribution in [1.29, 1.82) is 0 Å². The fourth-order valence-corrected chi connectivity index (χ4v) is 1.71. The zero-order valence-corrected chi connectivity index (χ0v) is 6.91. The van der Waals surface area contributed by atoms with E-state index in [1.165, 1.54) is 0 Å². The lowest BCUT2D eigenvalue weighted by molar-refractivity contribution is 0.550. The van der Waals surface area contributed by atoms with Crippen LogP contribution < -0.4 is 27.0 Å². The molecule has 1 aromatic heterocycles. The molecule has 0 radical (unpaired) electrons. The van der Waals surface area contributed by atoms with Gasteiger partial charge in [0.05, 0.1) is 17.1 Å². The van der Waals surface area contributed by atoms with Crippen LogP contribution >= 0.6 is 0 Å². The van der Waals surface area contributed by atoms with Gasteiger partial charge in [-0.1, -0.05) is 6.08 Å². The Balaban J connectivity index is 2.38. The predicted octanol–water partition coefficient (Wildman–Crippen LogP) is -2.25. The molecule has 0 saturated carbocycles. The summed E-state index contributed by atoms with van der Waals surface area (Å²) < 4.78 is 0. The first kappa shape index (κ1) is 6.99. The minimum Gasteiger partial charge on any atom is -0.308 e. The molecule has 1 fully saturated rings. The topological polar surface area (TPSA) is 61.9 Å². The Kier molecular flexibility index (Phi) is 1.35. The Hall–Kier alpha value is -1.46. The van der Waals surface area contributed by atoms with Gasteiger partial charge in [0.15, 0.2) is 0 Å². The highest BCUT2D eigenvalue weighted by molar-refractivity contribution is 5.54. The van der Waals surface area contributed by atoms with E-state index in [0.29, 0.717) is 6.04 Å². The number of fused-ring (bicyclic) bond motifs is 2. The van der Waals surface area contributed by atoms with Crippen LogP contribution in [0.2, 0.25) is 0 Å². The molecule has 0 amide bonds. The van der Waals surface area contributed by atoms with Crippen LogP contribution in [0, 0.1) is 0 Å². The largest absolute Gasteiger partial charge is 0.308 e. The molecule has 0 bridgehead atoms. The molecule has 13 heavy (non-hydrogen) atoms. The summed E-state index contributed by atoms with van der Waals surface area (Å²) in [6, 6.07) is 0.322. The molecule has 5 nitrogen and oxygen atoms in total. The van der Waals surface area contributed by atoms with E-state index in [1.807, 2.05) is 6.20 Å². The van der Waals surface area contributed by atoms with Gasteiger partial charge in [0.1, 0.15) is 6.33 Å². The minimum atomic E-state index is 0.322. The number of aromatic nitrogens is 2. The molecule has 3 rings (SSSR count). The van der Waals surface area contributed by atoms with Crippen LogP contribution in [0.5, 0.6) is 0 Å². The number of hydrogen-bond donors (Lipinski definition) is 3.